The fraction of sp³-hybridized carbons (Fsp3) is 0.0870. The molecule has 1 N–H and O–H groups in total. The monoisotopic (exact) mass is 389 g/mol. The van der Waals surface area contributed by atoms with Crippen LogP contribution in [0.5, 0.6) is 11.5 Å². The minimum absolute atomic E-state index is 0.0619. The molecule has 0 aromatic heterocycles. The Labute approximate surface area is 168 Å². The van der Waals surface area contributed by atoms with Crippen LogP contribution in [0.4, 0.5) is 5.69 Å². The van der Waals surface area contributed by atoms with Crippen LogP contribution in [0, 0.1) is 0 Å². The van der Waals surface area contributed by atoms with Crippen molar-refractivity contribution in [3.63, 3.8) is 0 Å². The SMILES string of the molecule is CC(=O)c1ccc(NC(=O)COC(=O)c2ccccc2Oc2ccccc2)cc1. The molecule has 1 amide bonds. The second-order valence-corrected chi connectivity index (χ2v) is 6.17. The number of Topliss-reactive ketones (excluding diaryl/α,β-unsaturated/α-hetero) is 1. The summed E-state index contributed by atoms with van der Waals surface area (Å²) in [7, 11) is 0. The van der Waals surface area contributed by atoms with E-state index in [1.807, 2.05) is 18.2 Å². The molecule has 0 unspecified atom stereocenters. The summed E-state index contributed by atoms with van der Waals surface area (Å²) in [4.78, 5) is 35.7. The number of hydrogen-bond acceptors (Lipinski definition) is 5. The number of carbonyl (C=O) groups is 3. The number of hydrogen-bond donors (Lipinski definition) is 1. The standard InChI is InChI=1S/C23H19NO5/c1-16(25)17-11-13-18(14-12-17)24-22(26)15-28-23(27)20-9-5-6-10-21(20)29-19-7-3-2-4-8-19/h2-14H,15H2,1H3,(H,24,26). The fourth-order valence-electron chi connectivity index (χ4n) is 2.53. The van der Waals surface area contributed by atoms with Gasteiger partial charge in [-0.15, -0.1) is 0 Å². The number of benzene rings is 3. The van der Waals surface area contributed by atoms with Crippen molar-refractivity contribution in [3.05, 3.63) is 90.0 Å². The zero-order valence-corrected chi connectivity index (χ0v) is 15.8. The summed E-state index contributed by atoms with van der Waals surface area (Å²) in [6.45, 7) is 1.01. The van der Waals surface area contributed by atoms with E-state index in [0.717, 1.165) is 0 Å². The topological polar surface area (TPSA) is 81.7 Å². The molecular formula is C23H19NO5. The molecule has 3 rings (SSSR count). The van der Waals surface area contributed by atoms with Crippen LogP contribution in [-0.2, 0) is 9.53 Å². The Morgan fingerprint density at radius 2 is 1.48 bits per heavy atom. The van der Waals surface area contributed by atoms with Crippen molar-refractivity contribution < 1.29 is 23.9 Å². The van der Waals surface area contributed by atoms with Crippen molar-refractivity contribution >= 4 is 23.3 Å². The number of nitrogens with one attached hydrogen (secondary N) is 1. The molecule has 0 aliphatic carbocycles. The molecule has 0 saturated carbocycles. The van der Waals surface area contributed by atoms with Gasteiger partial charge < -0.3 is 14.8 Å². The fourth-order valence-corrected chi connectivity index (χ4v) is 2.53. The van der Waals surface area contributed by atoms with Crippen LogP contribution in [-0.4, -0.2) is 24.3 Å². The van der Waals surface area contributed by atoms with Gasteiger partial charge in [-0.3, -0.25) is 9.59 Å². The molecule has 0 fully saturated rings. The summed E-state index contributed by atoms with van der Waals surface area (Å²) in [5.74, 6) is -0.300. The van der Waals surface area contributed by atoms with Gasteiger partial charge in [0.1, 0.15) is 17.1 Å². The summed E-state index contributed by atoms with van der Waals surface area (Å²) in [5.41, 5.74) is 1.27. The van der Waals surface area contributed by atoms with Gasteiger partial charge in [-0.1, -0.05) is 30.3 Å². The van der Waals surface area contributed by atoms with Crippen LogP contribution in [0.2, 0.25) is 0 Å². The maximum atomic E-state index is 12.4. The lowest BCUT2D eigenvalue weighted by Gasteiger charge is -2.11. The molecule has 0 aliphatic heterocycles. The highest BCUT2D eigenvalue weighted by Gasteiger charge is 2.16. The predicted molar refractivity (Wildman–Crippen MR) is 108 cm³/mol. The van der Waals surface area contributed by atoms with Crippen molar-refractivity contribution in [1.82, 2.24) is 0 Å². The molecule has 0 radical (unpaired) electrons. The Hall–Kier alpha value is -3.93. The second kappa shape index (κ2) is 9.32. The van der Waals surface area contributed by atoms with Gasteiger partial charge in [0, 0.05) is 11.3 Å². The zero-order valence-electron chi connectivity index (χ0n) is 15.8. The van der Waals surface area contributed by atoms with Gasteiger partial charge in [0.25, 0.3) is 5.91 Å². The third-order valence-corrected chi connectivity index (χ3v) is 3.99. The third kappa shape index (κ3) is 5.52. The van der Waals surface area contributed by atoms with Gasteiger partial charge >= 0.3 is 5.97 Å². The molecule has 0 heterocycles. The molecule has 0 bridgehead atoms. The lowest BCUT2D eigenvalue weighted by atomic mass is 10.1. The maximum Gasteiger partial charge on any atom is 0.342 e. The van der Waals surface area contributed by atoms with E-state index in [-0.39, 0.29) is 11.3 Å². The van der Waals surface area contributed by atoms with E-state index in [1.54, 1.807) is 60.7 Å². The number of para-hydroxylation sites is 2. The van der Waals surface area contributed by atoms with Crippen LogP contribution in [0.25, 0.3) is 0 Å². The molecule has 0 aliphatic rings. The first kappa shape index (κ1) is 19.8. The van der Waals surface area contributed by atoms with E-state index in [9.17, 15) is 14.4 Å². The van der Waals surface area contributed by atoms with E-state index in [1.165, 1.54) is 6.92 Å². The van der Waals surface area contributed by atoms with Gasteiger partial charge in [0.15, 0.2) is 12.4 Å². The summed E-state index contributed by atoms with van der Waals surface area (Å²) in [6.07, 6.45) is 0. The normalized spacial score (nSPS) is 10.1. The molecule has 0 atom stereocenters. The van der Waals surface area contributed by atoms with Crippen molar-refractivity contribution in [3.8, 4) is 11.5 Å². The quantitative estimate of drug-likeness (QED) is 0.476. The van der Waals surface area contributed by atoms with Gasteiger partial charge in [0.2, 0.25) is 0 Å². The van der Waals surface area contributed by atoms with E-state index < -0.39 is 18.5 Å². The molecule has 6 nitrogen and oxygen atoms in total. The molecule has 29 heavy (non-hydrogen) atoms. The first-order chi connectivity index (χ1) is 14.0. The predicted octanol–water partition coefficient (Wildman–Crippen LogP) is 4.48. The Morgan fingerprint density at radius 3 is 2.17 bits per heavy atom. The average Bonchev–Trinajstić information content (AvgIpc) is 2.73. The van der Waals surface area contributed by atoms with Crippen LogP contribution in [0.1, 0.15) is 27.6 Å². The number of ether oxygens (including phenoxy) is 2. The Kier molecular flexibility index (Phi) is 6.37. The highest BCUT2D eigenvalue weighted by atomic mass is 16.5. The Morgan fingerprint density at radius 1 is 0.828 bits per heavy atom. The summed E-state index contributed by atoms with van der Waals surface area (Å²) < 4.78 is 10.9. The summed E-state index contributed by atoms with van der Waals surface area (Å²) in [5, 5.41) is 2.61. The highest BCUT2D eigenvalue weighted by Crippen LogP contribution is 2.25. The molecule has 3 aromatic rings. The van der Waals surface area contributed by atoms with Crippen molar-refractivity contribution in [2.45, 2.75) is 6.92 Å². The molecule has 3 aromatic carbocycles. The summed E-state index contributed by atoms with van der Waals surface area (Å²) >= 11 is 0. The van der Waals surface area contributed by atoms with E-state index in [0.29, 0.717) is 22.7 Å². The van der Waals surface area contributed by atoms with Gasteiger partial charge in [-0.25, -0.2) is 4.79 Å². The van der Waals surface area contributed by atoms with Gasteiger partial charge in [-0.05, 0) is 55.5 Å². The molecule has 0 spiro atoms. The molecule has 0 saturated heterocycles. The lowest BCUT2D eigenvalue weighted by molar-refractivity contribution is -0.119. The number of anilines is 1. The van der Waals surface area contributed by atoms with Crippen LogP contribution in [0.15, 0.2) is 78.9 Å². The lowest BCUT2D eigenvalue weighted by Crippen LogP contribution is -2.21. The minimum Gasteiger partial charge on any atom is -0.456 e. The first-order valence-corrected chi connectivity index (χ1v) is 8.93. The van der Waals surface area contributed by atoms with E-state index >= 15 is 0 Å². The second-order valence-electron chi connectivity index (χ2n) is 6.17. The van der Waals surface area contributed by atoms with E-state index in [2.05, 4.69) is 5.32 Å². The van der Waals surface area contributed by atoms with Crippen molar-refractivity contribution in [2.75, 3.05) is 11.9 Å². The molecule has 146 valence electrons. The van der Waals surface area contributed by atoms with Crippen LogP contribution >= 0.6 is 0 Å². The van der Waals surface area contributed by atoms with Crippen LogP contribution in [0.3, 0.4) is 0 Å². The smallest absolute Gasteiger partial charge is 0.342 e. The van der Waals surface area contributed by atoms with Crippen molar-refractivity contribution in [2.24, 2.45) is 0 Å². The number of rotatable bonds is 7. The third-order valence-electron chi connectivity index (χ3n) is 3.99. The highest BCUT2D eigenvalue weighted by molar-refractivity contribution is 5.98. The molecule has 6 heteroatoms. The number of carbonyl (C=O) groups excluding carboxylic acids is 3. The first-order valence-electron chi connectivity index (χ1n) is 8.93. The Bertz CT molecular complexity index is 1010. The summed E-state index contributed by atoms with van der Waals surface area (Å²) in [6, 6.07) is 22.1. The Balaban J connectivity index is 1.59. The molecular weight excluding hydrogens is 370 g/mol. The average molecular weight is 389 g/mol. The van der Waals surface area contributed by atoms with Crippen LogP contribution < -0.4 is 10.1 Å². The van der Waals surface area contributed by atoms with E-state index in [4.69, 9.17) is 9.47 Å². The largest absolute Gasteiger partial charge is 0.456 e. The van der Waals surface area contributed by atoms with Gasteiger partial charge in [0.05, 0.1) is 0 Å². The van der Waals surface area contributed by atoms with Gasteiger partial charge in [-0.2, -0.15) is 0 Å². The number of amides is 1. The zero-order chi connectivity index (χ0) is 20.6. The number of esters is 1. The maximum absolute atomic E-state index is 12.4. The minimum atomic E-state index is -0.668. The number of ketones is 1. The van der Waals surface area contributed by atoms with Crippen molar-refractivity contribution in [1.29, 1.82) is 0 Å².